The second-order valence-corrected chi connectivity index (χ2v) is 5.65. The molecule has 1 heterocycles. The molecular formula is C15H20O3. The van der Waals surface area contributed by atoms with Crippen LogP contribution in [0.3, 0.4) is 0 Å². The molecule has 98 valence electrons. The summed E-state index contributed by atoms with van der Waals surface area (Å²) in [6, 6.07) is 0. The number of rotatable bonds is 1. The van der Waals surface area contributed by atoms with Crippen molar-refractivity contribution in [3.63, 3.8) is 0 Å². The zero-order valence-corrected chi connectivity index (χ0v) is 11.4. The van der Waals surface area contributed by atoms with Crippen molar-refractivity contribution in [2.24, 2.45) is 5.92 Å². The van der Waals surface area contributed by atoms with Gasteiger partial charge in [0.1, 0.15) is 17.5 Å². The molecule has 0 amide bonds. The molecule has 1 N–H and O–H groups in total. The van der Waals surface area contributed by atoms with Gasteiger partial charge >= 0.3 is 0 Å². The minimum atomic E-state index is -1.20. The zero-order chi connectivity index (χ0) is 13.5. The van der Waals surface area contributed by atoms with Crippen LogP contribution in [0, 0.1) is 5.92 Å². The Bertz CT molecular complexity index is 462. The topological polar surface area (TPSA) is 46.5 Å². The predicted molar refractivity (Wildman–Crippen MR) is 69.9 cm³/mol. The molecule has 3 heteroatoms. The summed E-state index contributed by atoms with van der Waals surface area (Å²) in [5, 5.41) is 10.5. The van der Waals surface area contributed by atoms with Gasteiger partial charge in [-0.1, -0.05) is 17.2 Å². The van der Waals surface area contributed by atoms with E-state index in [0.29, 0.717) is 12.2 Å². The Hall–Kier alpha value is -1.35. The standard InChI is InChI=1S/C15H20O3/c1-9(2)5-6-13-15(4,17)14-11(16)7-10(3)8-12(14)18-13/h5-7,12,14,17H,8H2,1-4H3/t12?,14?,15-/m1/s1. The Balaban J connectivity index is 2.35. The van der Waals surface area contributed by atoms with E-state index >= 15 is 0 Å². The van der Waals surface area contributed by atoms with Crippen LogP contribution >= 0.6 is 0 Å². The van der Waals surface area contributed by atoms with E-state index in [1.54, 1.807) is 19.1 Å². The van der Waals surface area contributed by atoms with Gasteiger partial charge in [0.15, 0.2) is 5.78 Å². The minimum Gasteiger partial charge on any atom is -0.490 e. The monoisotopic (exact) mass is 248 g/mol. The van der Waals surface area contributed by atoms with Crippen molar-refractivity contribution in [2.45, 2.75) is 45.8 Å². The Morgan fingerprint density at radius 1 is 1.56 bits per heavy atom. The van der Waals surface area contributed by atoms with E-state index in [1.165, 1.54) is 0 Å². The molecule has 0 radical (unpaired) electrons. The first kappa shape index (κ1) is 13.1. The molecule has 3 nitrogen and oxygen atoms in total. The summed E-state index contributed by atoms with van der Waals surface area (Å²) >= 11 is 0. The van der Waals surface area contributed by atoms with Crippen molar-refractivity contribution in [3.05, 3.63) is 35.1 Å². The van der Waals surface area contributed by atoms with E-state index in [9.17, 15) is 9.90 Å². The molecule has 1 aliphatic carbocycles. The maximum Gasteiger partial charge on any atom is 0.165 e. The van der Waals surface area contributed by atoms with Crippen LogP contribution < -0.4 is 0 Å². The lowest BCUT2D eigenvalue weighted by Crippen LogP contribution is -2.41. The lowest BCUT2D eigenvalue weighted by molar-refractivity contribution is -0.125. The summed E-state index contributed by atoms with van der Waals surface area (Å²) in [6.45, 7) is 7.54. The van der Waals surface area contributed by atoms with E-state index in [4.69, 9.17) is 4.74 Å². The largest absolute Gasteiger partial charge is 0.490 e. The third-order valence-corrected chi connectivity index (χ3v) is 3.54. The first-order chi connectivity index (χ1) is 8.32. The van der Waals surface area contributed by atoms with Crippen molar-refractivity contribution < 1.29 is 14.6 Å². The van der Waals surface area contributed by atoms with E-state index in [1.807, 2.05) is 26.8 Å². The molecule has 1 aliphatic heterocycles. The molecule has 2 unspecified atom stereocenters. The quantitative estimate of drug-likeness (QED) is 0.775. The molecule has 0 aromatic rings. The fourth-order valence-electron chi connectivity index (χ4n) is 2.64. The average Bonchev–Trinajstić information content (AvgIpc) is 2.46. The third kappa shape index (κ3) is 2.15. The first-order valence-corrected chi connectivity index (χ1v) is 6.28. The molecule has 18 heavy (non-hydrogen) atoms. The lowest BCUT2D eigenvalue weighted by atomic mass is 9.77. The van der Waals surface area contributed by atoms with Gasteiger partial charge in [-0.25, -0.2) is 0 Å². The number of carbonyl (C=O) groups is 1. The van der Waals surface area contributed by atoms with Gasteiger partial charge < -0.3 is 9.84 Å². The van der Waals surface area contributed by atoms with E-state index in [2.05, 4.69) is 0 Å². The number of ether oxygens (including phenoxy) is 1. The fraction of sp³-hybridized carbons (Fsp3) is 0.533. The van der Waals surface area contributed by atoms with Crippen molar-refractivity contribution in [1.82, 2.24) is 0 Å². The normalized spacial score (nSPS) is 37.1. The minimum absolute atomic E-state index is 0.0330. The van der Waals surface area contributed by atoms with Crippen LogP contribution in [0.15, 0.2) is 35.1 Å². The summed E-state index contributed by atoms with van der Waals surface area (Å²) in [6.07, 6.45) is 5.78. The molecule has 0 spiro atoms. The number of hydrogen-bond acceptors (Lipinski definition) is 3. The van der Waals surface area contributed by atoms with Gasteiger partial charge in [0.25, 0.3) is 0 Å². The Labute approximate surface area is 108 Å². The van der Waals surface area contributed by atoms with Crippen LogP contribution in [0.1, 0.15) is 34.1 Å². The SMILES string of the molecule is CC(C)=CC=C1OC2CC(C)=CC(=O)C2[C@]1(C)O. The fourth-order valence-corrected chi connectivity index (χ4v) is 2.64. The smallest absolute Gasteiger partial charge is 0.165 e. The molecule has 1 saturated heterocycles. The van der Waals surface area contributed by atoms with Crippen molar-refractivity contribution in [2.75, 3.05) is 0 Å². The highest BCUT2D eigenvalue weighted by Crippen LogP contribution is 2.44. The Kier molecular flexibility index (Phi) is 3.20. The zero-order valence-electron chi connectivity index (χ0n) is 11.4. The van der Waals surface area contributed by atoms with E-state index < -0.39 is 11.5 Å². The van der Waals surface area contributed by atoms with Crippen LogP contribution in [0.25, 0.3) is 0 Å². The number of carbonyl (C=O) groups excluding carboxylic acids is 1. The van der Waals surface area contributed by atoms with Crippen LogP contribution in [-0.2, 0) is 9.53 Å². The van der Waals surface area contributed by atoms with Gasteiger partial charge in [-0.05, 0) is 39.8 Å². The van der Waals surface area contributed by atoms with Gasteiger partial charge in [0.05, 0.1) is 5.92 Å². The van der Waals surface area contributed by atoms with Crippen molar-refractivity contribution >= 4 is 5.78 Å². The summed E-state index contributed by atoms with van der Waals surface area (Å²) in [5.41, 5.74) is 0.933. The molecule has 0 aromatic heterocycles. The van der Waals surface area contributed by atoms with Gasteiger partial charge in [0, 0.05) is 6.42 Å². The third-order valence-electron chi connectivity index (χ3n) is 3.54. The molecule has 3 atom stereocenters. The Morgan fingerprint density at radius 3 is 2.83 bits per heavy atom. The van der Waals surface area contributed by atoms with Crippen LogP contribution in [0.2, 0.25) is 0 Å². The first-order valence-electron chi connectivity index (χ1n) is 6.28. The maximum absolute atomic E-state index is 12.0. The molecular weight excluding hydrogens is 228 g/mol. The lowest BCUT2D eigenvalue weighted by Gasteiger charge is -2.26. The number of fused-ring (bicyclic) bond motifs is 1. The van der Waals surface area contributed by atoms with Gasteiger partial charge in [-0.3, -0.25) is 4.79 Å². The van der Waals surface area contributed by atoms with Gasteiger partial charge in [0.2, 0.25) is 0 Å². The second-order valence-electron chi connectivity index (χ2n) is 5.65. The van der Waals surface area contributed by atoms with Gasteiger partial charge in [-0.2, -0.15) is 0 Å². The number of ketones is 1. The highest BCUT2D eigenvalue weighted by molar-refractivity contribution is 5.95. The summed E-state index contributed by atoms with van der Waals surface area (Å²) in [5.74, 6) is -0.0116. The number of allylic oxidation sites excluding steroid dienone is 4. The van der Waals surface area contributed by atoms with Gasteiger partial charge in [-0.15, -0.1) is 0 Å². The summed E-state index contributed by atoms with van der Waals surface area (Å²) < 4.78 is 5.78. The summed E-state index contributed by atoms with van der Waals surface area (Å²) in [7, 11) is 0. The molecule has 0 saturated carbocycles. The maximum atomic E-state index is 12.0. The Morgan fingerprint density at radius 2 is 2.22 bits per heavy atom. The number of hydrogen-bond donors (Lipinski definition) is 1. The average molecular weight is 248 g/mol. The van der Waals surface area contributed by atoms with Crippen LogP contribution in [0.4, 0.5) is 0 Å². The van der Waals surface area contributed by atoms with Crippen LogP contribution in [-0.4, -0.2) is 22.6 Å². The molecule has 1 fully saturated rings. The van der Waals surface area contributed by atoms with Crippen LogP contribution in [0.5, 0.6) is 0 Å². The van der Waals surface area contributed by atoms with E-state index in [0.717, 1.165) is 11.1 Å². The molecule has 0 bridgehead atoms. The highest BCUT2D eigenvalue weighted by Gasteiger charge is 2.54. The van der Waals surface area contributed by atoms with E-state index in [-0.39, 0.29) is 11.9 Å². The number of aliphatic hydroxyl groups is 1. The highest BCUT2D eigenvalue weighted by atomic mass is 16.5. The van der Waals surface area contributed by atoms with Crippen molar-refractivity contribution in [1.29, 1.82) is 0 Å². The summed E-state index contributed by atoms with van der Waals surface area (Å²) in [4.78, 5) is 12.0. The molecule has 2 rings (SSSR count). The predicted octanol–water partition coefficient (Wildman–Crippen LogP) is 2.52. The molecule has 0 aromatic carbocycles. The second kappa shape index (κ2) is 4.39. The molecule has 2 aliphatic rings. The van der Waals surface area contributed by atoms with Crippen molar-refractivity contribution in [3.8, 4) is 0 Å².